The minimum absolute atomic E-state index is 0.572. The van der Waals surface area contributed by atoms with Gasteiger partial charge in [-0.25, -0.2) is 9.97 Å². The Hall–Kier alpha value is -1.16. The molecule has 0 bridgehead atoms. The summed E-state index contributed by atoms with van der Waals surface area (Å²) in [4.78, 5) is 8.48. The molecule has 0 spiro atoms. The second-order valence-corrected chi connectivity index (χ2v) is 4.05. The number of rotatable bonds is 3. The minimum Gasteiger partial charge on any atom is -0.353 e. The van der Waals surface area contributed by atoms with Crippen LogP contribution in [0.1, 0.15) is 25.0 Å². The summed E-state index contributed by atoms with van der Waals surface area (Å²) in [5.74, 6) is 0.738. The average molecular weight is 206 g/mol. The zero-order valence-corrected chi connectivity index (χ0v) is 9.16. The molecule has 0 radical (unpaired) electrons. The van der Waals surface area contributed by atoms with Crippen molar-refractivity contribution in [1.82, 2.24) is 15.3 Å². The zero-order chi connectivity index (χ0) is 10.5. The minimum atomic E-state index is 0.572. The highest BCUT2D eigenvalue weighted by Gasteiger charge is 2.11. The SMILES string of the molecule is Cc1ccnc(NC[C@@H]2CCCCN2)n1. The average Bonchev–Trinajstić information content (AvgIpc) is 2.28. The molecule has 4 nitrogen and oxygen atoms in total. The molecule has 2 rings (SSSR count). The number of hydrogen-bond donors (Lipinski definition) is 2. The molecule has 0 saturated carbocycles. The summed E-state index contributed by atoms with van der Waals surface area (Å²) >= 11 is 0. The lowest BCUT2D eigenvalue weighted by atomic mass is 10.1. The second kappa shape index (κ2) is 5.07. The van der Waals surface area contributed by atoms with E-state index in [1.54, 1.807) is 6.20 Å². The lowest BCUT2D eigenvalue weighted by Gasteiger charge is -2.23. The maximum atomic E-state index is 4.31. The molecule has 0 unspecified atom stereocenters. The van der Waals surface area contributed by atoms with E-state index < -0.39 is 0 Å². The molecular weight excluding hydrogens is 188 g/mol. The van der Waals surface area contributed by atoms with Gasteiger partial charge in [-0.2, -0.15) is 0 Å². The van der Waals surface area contributed by atoms with Gasteiger partial charge >= 0.3 is 0 Å². The van der Waals surface area contributed by atoms with E-state index >= 15 is 0 Å². The van der Waals surface area contributed by atoms with Gasteiger partial charge in [0.2, 0.25) is 5.95 Å². The van der Waals surface area contributed by atoms with Crippen molar-refractivity contribution in [2.24, 2.45) is 0 Å². The summed E-state index contributed by atoms with van der Waals surface area (Å²) in [6.07, 6.45) is 5.67. The first kappa shape index (κ1) is 10.4. The lowest BCUT2D eigenvalue weighted by Crippen LogP contribution is -2.39. The molecule has 0 aliphatic carbocycles. The van der Waals surface area contributed by atoms with Crippen LogP contribution in [-0.2, 0) is 0 Å². The maximum Gasteiger partial charge on any atom is 0.222 e. The van der Waals surface area contributed by atoms with Crippen LogP contribution in [0, 0.1) is 6.92 Å². The van der Waals surface area contributed by atoms with Crippen molar-refractivity contribution in [2.45, 2.75) is 32.2 Å². The van der Waals surface area contributed by atoms with Gasteiger partial charge in [-0.15, -0.1) is 0 Å². The van der Waals surface area contributed by atoms with Gasteiger partial charge in [0.25, 0.3) is 0 Å². The van der Waals surface area contributed by atoms with Crippen LogP contribution in [0.25, 0.3) is 0 Å². The fraction of sp³-hybridized carbons (Fsp3) is 0.636. The largest absolute Gasteiger partial charge is 0.353 e. The van der Waals surface area contributed by atoms with Crippen LogP contribution in [-0.4, -0.2) is 29.1 Å². The number of aromatic nitrogens is 2. The van der Waals surface area contributed by atoms with Crippen molar-refractivity contribution in [3.05, 3.63) is 18.0 Å². The smallest absolute Gasteiger partial charge is 0.222 e. The molecule has 1 saturated heterocycles. The van der Waals surface area contributed by atoms with E-state index in [1.807, 2.05) is 13.0 Å². The molecule has 1 aliphatic rings. The maximum absolute atomic E-state index is 4.31. The van der Waals surface area contributed by atoms with Crippen LogP contribution in [0.15, 0.2) is 12.3 Å². The van der Waals surface area contributed by atoms with Crippen molar-refractivity contribution in [3.63, 3.8) is 0 Å². The summed E-state index contributed by atoms with van der Waals surface area (Å²) in [5.41, 5.74) is 1.00. The number of nitrogens with one attached hydrogen (secondary N) is 2. The number of hydrogen-bond acceptors (Lipinski definition) is 4. The van der Waals surface area contributed by atoms with E-state index in [0.29, 0.717) is 6.04 Å². The lowest BCUT2D eigenvalue weighted by molar-refractivity contribution is 0.413. The van der Waals surface area contributed by atoms with E-state index in [-0.39, 0.29) is 0 Å². The van der Waals surface area contributed by atoms with Crippen LogP contribution in [0.4, 0.5) is 5.95 Å². The van der Waals surface area contributed by atoms with E-state index in [9.17, 15) is 0 Å². The molecular formula is C11H18N4. The fourth-order valence-corrected chi connectivity index (χ4v) is 1.85. The Labute approximate surface area is 90.5 Å². The van der Waals surface area contributed by atoms with Gasteiger partial charge in [0, 0.05) is 24.5 Å². The van der Waals surface area contributed by atoms with E-state index in [4.69, 9.17) is 0 Å². The van der Waals surface area contributed by atoms with Crippen LogP contribution >= 0.6 is 0 Å². The highest BCUT2D eigenvalue weighted by atomic mass is 15.1. The second-order valence-electron chi connectivity index (χ2n) is 4.05. The van der Waals surface area contributed by atoms with Crippen molar-refractivity contribution in [2.75, 3.05) is 18.4 Å². The Morgan fingerprint density at radius 1 is 1.53 bits per heavy atom. The zero-order valence-electron chi connectivity index (χ0n) is 9.16. The quantitative estimate of drug-likeness (QED) is 0.783. The molecule has 1 aliphatic heterocycles. The Kier molecular flexibility index (Phi) is 3.50. The molecule has 0 aromatic carbocycles. The van der Waals surface area contributed by atoms with E-state index in [2.05, 4.69) is 20.6 Å². The van der Waals surface area contributed by atoms with E-state index in [0.717, 1.165) is 24.7 Å². The first-order valence-electron chi connectivity index (χ1n) is 5.61. The molecule has 4 heteroatoms. The molecule has 82 valence electrons. The third-order valence-corrected chi connectivity index (χ3v) is 2.71. The van der Waals surface area contributed by atoms with Gasteiger partial charge in [0.1, 0.15) is 0 Å². The van der Waals surface area contributed by atoms with Crippen LogP contribution in [0.3, 0.4) is 0 Å². The standard InChI is InChI=1S/C11H18N4/c1-9-5-7-13-11(15-9)14-8-10-4-2-3-6-12-10/h5,7,10,12H,2-4,6,8H2,1H3,(H,13,14,15)/t10-/m0/s1. The van der Waals surface area contributed by atoms with Gasteiger partial charge < -0.3 is 10.6 Å². The molecule has 15 heavy (non-hydrogen) atoms. The van der Waals surface area contributed by atoms with Crippen molar-refractivity contribution in [1.29, 1.82) is 0 Å². The Morgan fingerprint density at radius 3 is 3.20 bits per heavy atom. The van der Waals surface area contributed by atoms with Gasteiger partial charge in [0.05, 0.1) is 0 Å². The summed E-state index contributed by atoms with van der Waals surface area (Å²) in [7, 11) is 0. The Bertz CT molecular complexity index is 307. The number of piperidine rings is 1. The molecule has 1 aromatic rings. The molecule has 2 heterocycles. The third kappa shape index (κ3) is 3.16. The molecule has 1 aromatic heterocycles. The number of anilines is 1. The highest BCUT2D eigenvalue weighted by Crippen LogP contribution is 2.07. The third-order valence-electron chi connectivity index (χ3n) is 2.71. The van der Waals surface area contributed by atoms with Gasteiger partial charge in [0.15, 0.2) is 0 Å². The molecule has 1 fully saturated rings. The summed E-state index contributed by atoms with van der Waals surface area (Å²) in [6.45, 7) is 4.04. The van der Waals surface area contributed by atoms with E-state index in [1.165, 1.54) is 19.3 Å². The molecule has 1 atom stereocenters. The number of nitrogens with zero attached hydrogens (tertiary/aromatic N) is 2. The summed E-state index contributed by atoms with van der Waals surface area (Å²) in [5, 5.41) is 6.76. The van der Waals surface area contributed by atoms with Crippen LogP contribution in [0.5, 0.6) is 0 Å². The van der Waals surface area contributed by atoms with Crippen molar-refractivity contribution >= 4 is 5.95 Å². The van der Waals surface area contributed by atoms with Crippen LogP contribution < -0.4 is 10.6 Å². The topological polar surface area (TPSA) is 49.8 Å². The first-order valence-corrected chi connectivity index (χ1v) is 5.61. The van der Waals surface area contributed by atoms with Crippen LogP contribution in [0.2, 0.25) is 0 Å². The summed E-state index contributed by atoms with van der Waals surface area (Å²) < 4.78 is 0. The predicted octanol–water partition coefficient (Wildman–Crippen LogP) is 1.34. The monoisotopic (exact) mass is 206 g/mol. The fourth-order valence-electron chi connectivity index (χ4n) is 1.85. The summed E-state index contributed by atoms with van der Waals surface area (Å²) in [6, 6.07) is 2.48. The number of aryl methyl sites for hydroxylation is 1. The van der Waals surface area contributed by atoms with Crippen molar-refractivity contribution < 1.29 is 0 Å². The molecule has 2 N–H and O–H groups in total. The Balaban J connectivity index is 1.81. The Morgan fingerprint density at radius 2 is 2.47 bits per heavy atom. The van der Waals surface area contributed by atoms with Gasteiger partial charge in [-0.3, -0.25) is 0 Å². The predicted molar refractivity (Wildman–Crippen MR) is 60.9 cm³/mol. The normalized spacial score (nSPS) is 21.3. The van der Waals surface area contributed by atoms with Gasteiger partial charge in [-0.05, 0) is 32.4 Å². The van der Waals surface area contributed by atoms with Gasteiger partial charge in [-0.1, -0.05) is 6.42 Å². The van der Waals surface area contributed by atoms with Crippen molar-refractivity contribution in [3.8, 4) is 0 Å². The molecule has 0 amide bonds. The first-order chi connectivity index (χ1) is 7.34. The highest BCUT2D eigenvalue weighted by molar-refractivity contribution is 5.24.